The molecule has 2 aromatic rings. The summed E-state index contributed by atoms with van der Waals surface area (Å²) in [6.07, 6.45) is 5.11. The third kappa shape index (κ3) is 3.22. The van der Waals surface area contributed by atoms with E-state index in [2.05, 4.69) is 6.08 Å². The van der Waals surface area contributed by atoms with Crippen molar-refractivity contribution in [1.29, 1.82) is 0 Å². The second-order valence-electron chi connectivity index (χ2n) is 5.85. The molecule has 1 heterocycles. The van der Waals surface area contributed by atoms with Gasteiger partial charge in [0.1, 0.15) is 4.88 Å². The maximum Gasteiger partial charge on any atom is 0.349 e. The fraction of sp³-hybridized carbons (Fsp3) is 0.368. The number of nitrogens with zero attached hydrogens (tertiary/aromatic N) is 1. The molecule has 4 nitrogen and oxygen atoms in total. The second-order valence-corrected chi connectivity index (χ2v) is 6.91. The first kappa shape index (κ1) is 16.7. The number of esters is 1. The molecule has 3 rings (SSSR count). The Labute approximate surface area is 145 Å². The quantitative estimate of drug-likeness (QED) is 0.761. The van der Waals surface area contributed by atoms with E-state index in [9.17, 15) is 9.59 Å². The average molecular weight is 343 g/mol. The number of amides is 1. The average Bonchev–Trinajstić information content (AvgIpc) is 3.22. The predicted molar refractivity (Wildman–Crippen MR) is 96.2 cm³/mol. The summed E-state index contributed by atoms with van der Waals surface area (Å²) in [5, 5.41) is 1.06. The van der Waals surface area contributed by atoms with Crippen molar-refractivity contribution in [2.45, 2.75) is 33.1 Å². The van der Waals surface area contributed by atoms with Gasteiger partial charge in [-0.05, 0) is 50.1 Å². The summed E-state index contributed by atoms with van der Waals surface area (Å²) in [7, 11) is 0. The Bertz CT molecular complexity index is 806. The van der Waals surface area contributed by atoms with Crippen molar-refractivity contribution in [2.75, 3.05) is 13.2 Å². The molecule has 126 valence electrons. The van der Waals surface area contributed by atoms with Crippen LogP contribution in [-0.4, -0.2) is 29.9 Å². The molecular weight excluding hydrogens is 322 g/mol. The fourth-order valence-electron chi connectivity index (χ4n) is 3.08. The number of ether oxygens (including phenoxy) is 1. The fourth-order valence-corrected chi connectivity index (χ4v) is 4.18. The molecule has 1 aliphatic rings. The third-order valence-electron chi connectivity index (χ3n) is 4.34. The van der Waals surface area contributed by atoms with Crippen LogP contribution in [0.2, 0.25) is 0 Å². The first-order valence-corrected chi connectivity index (χ1v) is 9.08. The van der Waals surface area contributed by atoms with E-state index in [0.717, 1.165) is 40.6 Å². The maximum atomic E-state index is 12.4. The smallest absolute Gasteiger partial charge is 0.349 e. The lowest BCUT2D eigenvalue weighted by Crippen LogP contribution is -2.33. The molecule has 0 bridgehead atoms. The number of thiophene rings is 1. The SMILES string of the molecule is CCN(C(=O)COC(=O)c1sc2ccccc2c1C)C1=CCCC1. The first-order chi connectivity index (χ1) is 11.6. The Hall–Kier alpha value is -2.14. The molecule has 0 fully saturated rings. The van der Waals surface area contributed by atoms with Gasteiger partial charge < -0.3 is 9.64 Å². The summed E-state index contributed by atoms with van der Waals surface area (Å²) in [4.78, 5) is 27.0. The normalized spacial score (nSPS) is 13.8. The Balaban J connectivity index is 1.68. The minimum Gasteiger partial charge on any atom is -0.451 e. The number of likely N-dealkylation sites (N-methyl/N-ethyl adjacent to an activating group) is 1. The molecule has 0 saturated heterocycles. The Morgan fingerprint density at radius 3 is 2.75 bits per heavy atom. The van der Waals surface area contributed by atoms with Crippen LogP contribution >= 0.6 is 11.3 Å². The zero-order chi connectivity index (χ0) is 17.1. The zero-order valence-corrected chi connectivity index (χ0v) is 14.8. The molecule has 1 aromatic heterocycles. The number of carbonyl (C=O) groups excluding carboxylic acids is 2. The molecule has 0 atom stereocenters. The molecule has 0 saturated carbocycles. The van der Waals surface area contributed by atoms with Crippen molar-refractivity contribution in [3.63, 3.8) is 0 Å². The summed E-state index contributed by atoms with van der Waals surface area (Å²) in [6.45, 7) is 4.25. The van der Waals surface area contributed by atoms with Crippen LogP contribution in [0.15, 0.2) is 36.0 Å². The van der Waals surface area contributed by atoms with Crippen LogP contribution in [0.3, 0.4) is 0 Å². The minimum atomic E-state index is -0.418. The molecule has 0 radical (unpaired) electrons. The number of aryl methyl sites for hydroxylation is 1. The molecule has 5 heteroatoms. The topological polar surface area (TPSA) is 46.6 Å². The monoisotopic (exact) mass is 343 g/mol. The van der Waals surface area contributed by atoms with Gasteiger partial charge in [-0.25, -0.2) is 4.79 Å². The molecule has 1 amide bonds. The Morgan fingerprint density at radius 1 is 1.29 bits per heavy atom. The number of fused-ring (bicyclic) bond motifs is 1. The van der Waals surface area contributed by atoms with Gasteiger partial charge in [0.25, 0.3) is 5.91 Å². The number of hydrogen-bond donors (Lipinski definition) is 0. The van der Waals surface area contributed by atoms with Crippen LogP contribution in [-0.2, 0) is 9.53 Å². The predicted octanol–water partition coefficient (Wildman–Crippen LogP) is 4.28. The van der Waals surface area contributed by atoms with Gasteiger partial charge in [0.15, 0.2) is 6.61 Å². The van der Waals surface area contributed by atoms with Crippen LogP contribution in [0.4, 0.5) is 0 Å². The lowest BCUT2D eigenvalue weighted by atomic mass is 10.1. The summed E-state index contributed by atoms with van der Waals surface area (Å²) in [6, 6.07) is 7.88. The second kappa shape index (κ2) is 7.18. The van der Waals surface area contributed by atoms with Gasteiger partial charge >= 0.3 is 5.97 Å². The number of hydrogen-bond acceptors (Lipinski definition) is 4. The number of rotatable bonds is 5. The van der Waals surface area contributed by atoms with Gasteiger partial charge in [0.05, 0.1) is 0 Å². The highest BCUT2D eigenvalue weighted by atomic mass is 32.1. The van der Waals surface area contributed by atoms with Crippen LogP contribution in [0.1, 0.15) is 41.4 Å². The van der Waals surface area contributed by atoms with Gasteiger partial charge in [-0.15, -0.1) is 11.3 Å². The Kier molecular flexibility index (Phi) is 5.00. The highest BCUT2D eigenvalue weighted by Crippen LogP contribution is 2.31. The molecule has 24 heavy (non-hydrogen) atoms. The van der Waals surface area contributed by atoms with Crippen molar-refractivity contribution in [1.82, 2.24) is 4.90 Å². The van der Waals surface area contributed by atoms with Crippen molar-refractivity contribution in [3.8, 4) is 0 Å². The standard InChI is InChI=1S/C19H21NO3S/c1-3-20(14-8-4-5-9-14)17(21)12-23-19(22)18-13(2)15-10-6-7-11-16(15)24-18/h6-8,10-11H,3-5,9,12H2,1-2H3. The van der Waals surface area contributed by atoms with Crippen LogP contribution in [0, 0.1) is 6.92 Å². The van der Waals surface area contributed by atoms with Crippen LogP contribution in [0.25, 0.3) is 10.1 Å². The van der Waals surface area contributed by atoms with Crippen LogP contribution in [0.5, 0.6) is 0 Å². The summed E-state index contributed by atoms with van der Waals surface area (Å²) < 4.78 is 6.35. The lowest BCUT2D eigenvalue weighted by Gasteiger charge is -2.22. The van der Waals surface area contributed by atoms with Gasteiger partial charge in [0, 0.05) is 16.9 Å². The van der Waals surface area contributed by atoms with E-state index >= 15 is 0 Å². The van der Waals surface area contributed by atoms with E-state index in [1.54, 1.807) is 4.90 Å². The van der Waals surface area contributed by atoms with E-state index in [-0.39, 0.29) is 12.5 Å². The lowest BCUT2D eigenvalue weighted by molar-refractivity contribution is -0.132. The van der Waals surface area contributed by atoms with E-state index in [1.165, 1.54) is 11.3 Å². The molecule has 1 aliphatic carbocycles. The highest BCUT2D eigenvalue weighted by molar-refractivity contribution is 7.21. The minimum absolute atomic E-state index is 0.155. The van der Waals surface area contributed by atoms with Gasteiger partial charge in [0.2, 0.25) is 0 Å². The molecule has 0 aliphatic heterocycles. The first-order valence-electron chi connectivity index (χ1n) is 8.26. The van der Waals surface area contributed by atoms with Gasteiger partial charge in [-0.2, -0.15) is 0 Å². The number of allylic oxidation sites excluding steroid dienone is 2. The largest absolute Gasteiger partial charge is 0.451 e. The molecule has 0 unspecified atom stereocenters. The molecular formula is C19H21NO3S. The summed E-state index contributed by atoms with van der Waals surface area (Å²) in [5.41, 5.74) is 1.97. The number of benzene rings is 1. The van der Waals surface area contributed by atoms with Crippen molar-refractivity contribution in [3.05, 3.63) is 46.5 Å². The van der Waals surface area contributed by atoms with E-state index in [0.29, 0.717) is 11.4 Å². The molecule has 0 N–H and O–H groups in total. The van der Waals surface area contributed by atoms with Crippen molar-refractivity contribution in [2.24, 2.45) is 0 Å². The van der Waals surface area contributed by atoms with Gasteiger partial charge in [-0.3, -0.25) is 4.79 Å². The zero-order valence-electron chi connectivity index (χ0n) is 14.0. The molecule has 0 spiro atoms. The highest BCUT2D eigenvalue weighted by Gasteiger charge is 2.22. The van der Waals surface area contributed by atoms with Crippen LogP contribution < -0.4 is 0 Å². The summed E-state index contributed by atoms with van der Waals surface area (Å²) >= 11 is 1.41. The number of carbonyl (C=O) groups is 2. The third-order valence-corrected chi connectivity index (χ3v) is 5.59. The molecule has 1 aromatic carbocycles. The van der Waals surface area contributed by atoms with Crippen molar-refractivity contribution >= 4 is 33.3 Å². The van der Waals surface area contributed by atoms with E-state index in [4.69, 9.17) is 4.74 Å². The maximum absolute atomic E-state index is 12.4. The van der Waals surface area contributed by atoms with E-state index < -0.39 is 5.97 Å². The summed E-state index contributed by atoms with van der Waals surface area (Å²) in [5.74, 6) is -0.573. The van der Waals surface area contributed by atoms with E-state index in [1.807, 2.05) is 38.1 Å². The van der Waals surface area contributed by atoms with Gasteiger partial charge in [-0.1, -0.05) is 24.3 Å². The van der Waals surface area contributed by atoms with Crippen molar-refractivity contribution < 1.29 is 14.3 Å². The Morgan fingerprint density at radius 2 is 2.08 bits per heavy atom.